The minimum atomic E-state index is -0.318. The molecule has 0 radical (unpaired) electrons. The molecule has 1 amide bonds. The molecule has 8 nitrogen and oxygen atoms in total. The van der Waals surface area contributed by atoms with Crippen molar-refractivity contribution in [3.05, 3.63) is 59.8 Å². The molecule has 138 valence electrons. The van der Waals surface area contributed by atoms with Crippen molar-refractivity contribution in [2.24, 2.45) is 0 Å². The minimum absolute atomic E-state index is 0.230. The van der Waals surface area contributed by atoms with Gasteiger partial charge in [0.25, 0.3) is 11.9 Å². The summed E-state index contributed by atoms with van der Waals surface area (Å²) in [5.74, 6) is 0.652. The van der Waals surface area contributed by atoms with Crippen LogP contribution in [0.4, 0.5) is 5.95 Å². The molecule has 9 heteroatoms. The largest absolute Gasteiger partial charge is 0.496 e. The van der Waals surface area contributed by atoms with E-state index in [0.29, 0.717) is 21.6 Å². The highest BCUT2D eigenvalue weighted by Crippen LogP contribution is 2.32. The molecule has 0 bridgehead atoms. The maximum Gasteiger partial charge on any atom is 0.258 e. The summed E-state index contributed by atoms with van der Waals surface area (Å²) >= 11 is 1.43. The van der Waals surface area contributed by atoms with E-state index >= 15 is 0 Å². The number of anilines is 1. The van der Waals surface area contributed by atoms with Crippen LogP contribution in [0.2, 0.25) is 0 Å². The molecule has 0 unspecified atom stereocenters. The maximum absolute atomic E-state index is 12.6. The van der Waals surface area contributed by atoms with Gasteiger partial charge in [0.05, 0.1) is 12.8 Å². The molecule has 2 aromatic carbocycles. The van der Waals surface area contributed by atoms with E-state index in [0.717, 1.165) is 17.0 Å². The Morgan fingerprint density at radius 2 is 2.14 bits per heavy atom. The number of benzene rings is 2. The van der Waals surface area contributed by atoms with Crippen LogP contribution < -0.4 is 10.1 Å². The second-order valence-electron chi connectivity index (χ2n) is 5.94. The van der Waals surface area contributed by atoms with E-state index in [1.165, 1.54) is 17.7 Å². The van der Waals surface area contributed by atoms with Crippen molar-refractivity contribution in [2.75, 3.05) is 12.4 Å². The summed E-state index contributed by atoms with van der Waals surface area (Å²) in [7, 11) is 1.63. The number of oxazole rings is 1. The normalized spacial score (nSPS) is 11.2. The molecule has 0 spiro atoms. The summed E-state index contributed by atoms with van der Waals surface area (Å²) in [5.41, 5.74) is 3.43. The van der Waals surface area contributed by atoms with Crippen LogP contribution in [-0.2, 0) is 0 Å². The number of carbonyl (C=O) groups is 1. The Labute approximate surface area is 162 Å². The molecule has 0 atom stereocenters. The number of para-hydroxylation sites is 1. The molecule has 0 aliphatic heterocycles. The highest BCUT2D eigenvalue weighted by Gasteiger charge is 2.16. The van der Waals surface area contributed by atoms with E-state index < -0.39 is 0 Å². The molecule has 0 aliphatic rings. The van der Waals surface area contributed by atoms with Gasteiger partial charge in [0.2, 0.25) is 4.96 Å². The first kappa shape index (κ1) is 16.5. The van der Waals surface area contributed by atoms with Gasteiger partial charge in [-0.3, -0.25) is 10.1 Å². The maximum atomic E-state index is 12.6. The summed E-state index contributed by atoms with van der Waals surface area (Å²) < 4.78 is 12.3. The number of aromatic nitrogens is 4. The Morgan fingerprint density at radius 3 is 3.04 bits per heavy atom. The zero-order valence-corrected chi connectivity index (χ0v) is 15.4. The third-order valence-electron chi connectivity index (χ3n) is 4.28. The molecule has 0 saturated carbocycles. The van der Waals surface area contributed by atoms with Crippen molar-refractivity contribution in [1.29, 1.82) is 0 Å². The fourth-order valence-electron chi connectivity index (χ4n) is 2.95. The lowest BCUT2D eigenvalue weighted by atomic mass is 10.1. The van der Waals surface area contributed by atoms with Crippen LogP contribution in [0.15, 0.2) is 58.7 Å². The van der Waals surface area contributed by atoms with Gasteiger partial charge in [-0.05, 0) is 30.3 Å². The predicted octanol–water partition coefficient (Wildman–Crippen LogP) is 3.86. The summed E-state index contributed by atoms with van der Waals surface area (Å²) in [6.07, 6.45) is 1.34. The van der Waals surface area contributed by atoms with Crippen LogP contribution in [0, 0.1) is 0 Å². The van der Waals surface area contributed by atoms with Gasteiger partial charge in [0, 0.05) is 16.5 Å². The minimum Gasteiger partial charge on any atom is -0.496 e. The highest BCUT2D eigenvalue weighted by atomic mass is 32.1. The number of carbonyl (C=O) groups excluding carboxylic acids is 1. The number of nitrogens with zero attached hydrogens (tertiary/aromatic N) is 4. The monoisotopic (exact) mass is 391 g/mol. The van der Waals surface area contributed by atoms with Crippen LogP contribution in [0.5, 0.6) is 5.75 Å². The number of amides is 1. The summed E-state index contributed by atoms with van der Waals surface area (Å²) in [5, 5.41) is 9.13. The zero-order chi connectivity index (χ0) is 19.1. The van der Waals surface area contributed by atoms with E-state index in [1.807, 2.05) is 29.6 Å². The number of rotatable bonds is 4. The summed E-state index contributed by atoms with van der Waals surface area (Å²) in [6.45, 7) is 0. The molecule has 3 aromatic heterocycles. The molecule has 28 heavy (non-hydrogen) atoms. The SMILES string of the molecule is COc1ccccc1-c1csc2nc(NC(=O)c3ccc4ocnc4c3)nn12. The summed E-state index contributed by atoms with van der Waals surface area (Å²) in [6, 6.07) is 12.7. The first-order valence-electron chi connectivity index (χ1n) is 8.35. The van der Waals surface area contributed by atoms with E-state index in [1.54, 1.807) is 29.8 Å². The van der Waals surface area contributed by atoms with Gasteiger partial charge in [0.15, 0.2) is 12.0 Å². The number of nitrogens with one attached hydrogen (secondary N) is 1. The molecule has 5 aromatic rings. The molecular weight excluding hydrogens is 378 g/mol. The zero-order valence-electron chi connectivity index (χ0n) is 14.6. The van der Waals surface area contributed by atoms with Crippen LogP contribution in [0.3, 0.4) is 0 Å². The molecule has 0 aliphatic carbocycles. The van der Waals surface area contributed by atoms with Gasteiger partial charge in [-0.15, -0.1) is 16.4 Å². The second-order valence-corrected chi connectivity index (χ2v) is 6.78. The van der Waals surface area contributed by atoms with Crippen molar-refractivity contribution >= 4 is 39.3 Å². The Kier molecular flexibility index (Phi) is 3.80. The van der Waals surface area contributed by atoms with Gasteiger partial charge in [-0.1, -0.05) is 12.1 Å². The van der Waals surface area contributed by atoms with Crippen molar-refractivity contribution in [1.82, 2.24) is 19.6 Å². The van der Waals surface area contributed by atoms with E-state index in [4.69, 9.17) is 9.15 Å². The van der Waals surface area contributed by atoms with Crippen LogP contribution in [-0.4, -0.2) is 32.6 Å². The first-order valence-corrected chi connectivity index (χ1v) is 9.23. The topological polar surface area (TPSA) is 94.5 Å². The molecule has 3 heterocycles. The van der Waals surface area contributed by atoms with Gasteiger partial charge in [-0.25, -0.2) is 9.50 Å². The Bertz CT molecular complexity index is 1320. The van der Waals surface area contributed by atoms with Gasteiger partial charge in [0.1, 0.15) is 11.3 Å². The Balaban J connectivity index is 1.47. The van der Waals surface area contributed by atoms with Crippen molar-refractivity contribution in [3.8, 4) is 17.0 Å². The third-order valence-corrected chi connectivity index (χ3v) is 5.10. The van der Waals surface area contributed by atoms with Crippen LogP contribution in [0.1, 0.15) is 10.4 Å². The quantitative estimate of drug-likeness (QED) is 0.500. The van der Waals surface area contributed by atoms with Crippen molar-refractivity contribution < 1.29 is 13.9 Å². The highest BCUT2D eigenvalue weighted by molar-refractivity contribution is 7.15. The Hall–Kier alpha value is -3.72. The lowest BCUT2D eigenvalue weighted by Crippen LogP contribution is -2.13. The molecule has 0 saturated heterocycles. The first-order chi connectivity index (χ1) is 13.7. The standard InChI is InChI=1S/C19H13N5O3S/c1-26-15-5-3-2-4-12(15)14-9-28-19-22-18(23-24(14)19)21-17(25)11-6-7-16-13(8-11)20-10-27-16/h2-10H,1H3,(H,21,23,25). The van der Waals surface area contributed by atoms with E-state index in [-0.39, 0.29) is 11.9 Å². The van der Waals surface area contributed by atoms with E-state index in [9.17, 15) is 4.79 Å². The fourth-order valence-corrected chi connectivity index (χ4v) is 3.77. The fraction of sp³-hybridized carbons (Fsp3) is 0.0526. The van der Waals surface area contributed by atoms with Gasteiger partial charge < -0.3 is 9.15 Å². The smallest absolute Gasteiger partial charge is 0.258 e. The van der Waals surface area contributed by atoms with Crippen LogP contribution in [0.25, 0.3) is 27.3 Å². The predicted molar refractivity (Wildman–Crippen MR) is 105 cm³/mol. The van der Waals surface area contributed by atoms with Gasteiger partial charge >= 0.3 is 0 Å². The van der Waals surface area contributed by atoms with E-state index in [2.05, 4.69) is 20.4 Å². The number of thiazole rings is 1. The third kappa shape index (κ3) is 2.69. The second kappa shape index (κ2) is 6.46. The van der Waals surface area contributed by atoms with Crippen molar-refractivity contribution in [3.63, 3.8) is 0 Å². The number of fused-ring (bicyclic) bond motifs is 2. The average Bonchev–Trinajstić information content (AvgIpc) is 3.42. The Morgan fingerprint density at radius 1 is 1.25 bits per heavy atom. The average molecular weight is 391 g/mol. The number of methoxy groups -OCH3 is 1. The van der Waals surface area contributed by atoms with Gasteiger partial charge in [-0.2, -0.15) is 4.98 Å². The lowest BCUT2D eigenvalue weighted by molar-refractivity contribution is 0.102. The molecule has 5 rings (SSSR count). The molecular formula is C19H13N5O3S. The number of ether oxygens (including phenoxy) is 1. The molecule has 0 fully saturated rings. The van der Waals surface area contributed by atoms with Crippen molar-refractivity contribution in [2.45, 2.75) is 0 Å². The van der Waals surface area contributed by atoms with Crippen LogP contribution >= 0.6 is 11.3 Å². The number of hydrogen-bond acceptors (Lipinski definition) is 7. The number of hydrogen-bond donors (Lipinski definition) is 1. The molecule has 1 N–H and O–H groups in total. The lowest BCUT2D eigenvalue weighted by Gasteiger charge is -2.06. The summed E-state index contributed by atoms with van der Waals surface area (Å²) in [4.78, 5) is 21.7.